The van der Waals surface area contributed by atoms with Crippen LogP contribution in [0.15, 0.2) is 42.5 Å². The number of hydrogen-bond donors (Lipinski definition) is 3. The predicted octanol–water partition coefficient (Wildman–Crippen LogP) is 3.23. The standard InChI is InChI=1S/C18H19N3O3/c1-11(2)13-8-14(16(23)9-15(13)22)17-19-20-18(24)21(17)10-12-6-4-3-5-7-12/h3-9,11,22-23H,10H2,1-2H3,(H,20,24). The number of aromatic nitrogens is 3. The van der Waals surface area contributed by atoms with Gasteiger partial charge >= 0.3 is 6.01 Å². The normalized spacial score (nSPS) is 11.1. The van der Waals surface area contributed by atoms with Crippen molar-refractivity contribution in [1.82, 2.24) is 14.8 Å². The molecule has 0 spiro atoms. The van der Waals surface area contributed by atoms with Crippen LogP contribution in [0.3, 0.4) is 0 Å². The molecule has 0 saturated heterocycles. The number of nitrogens with zero attached hydrogens (tertiary/aromatic N) is 3. The lowest BCUT2D eigenvalue weighted by molar-refractivity contribution is 0.404. The molecule has 3 N–H and O–H groups in total. The summed E-state index contributed by atoms with van der Waals surface area (Å²) in [4.78, 5) is 0. The summed E-state index contributed by atoms with van der Waals surface area (Å²) < 4.78 is 1.52. The van der Waals surface area contributed by atoms with Gasteiger partial charge in [-0.1, -0.05) is 49.3 Å². The van der Waals surface area contributed by atoms with Crippen molar-refractivity contribution in [3.05, 3.63) is 53.6 Å². The Balaban J connectivity index is 2.09. The van der Waals surface area contributed by atoms with E-state index in [4.69, 9.17) is 0 Å². The molecule has 0 bridgehead atoms. The van der Waals surface area contributed by atoms with Gasteiger partial charge in [0.25, 0.3) is 0 Å². The minimum Gasteiger partial charge on any atom is -0.508 e. The summed E-state index contributed by atoms with van der Waals surface area (Å²) in [5.41, 5.74) is 2.08. The molecule has 3 rings (SSSR count). The quantitative estimate of drug-likeness (QED) is 0.685. The molecule has 2 aromatic carbocycles. The van der Waals surface area contributed by atoms with Crippen LogP contribution in [0.2, 0.25) is 0 Å². The fourth-order valence-corrected chi connectivity index (χ4v) is 2.64. The van der Waals surface area contributed by atoms with Crippen molar-refractivity contribution in [1.29, 1.82) is 0 Å². The van der Waals surface area contributed by atoms with Gasteiger partial charge < -0.3 is 15.3 Å². The zero-order valence-corrected chi connectivity index (χ0v) is 13.5. The fraction of sp³-hybridized carbons (Fsp3) is 0.222. The van der Waals surface area contributed by atoms with E-state index in [2.05, 4.69) is 10.2 Å². The number of benzene rings is 2. The van der Waals surface area contributed by atoms with Gasteiger partial charge in [0.2, 0.25) is 0 Å². The van der Waals surface area contributed by atoms with E-state index in [1.54, 1.807) is 6.07 Å². The first kappa shape index (κ1) is 15.9. The van der Waals surface area contributed by atoms with Gasteiger partial charge in [-0.15, -0.1) is 5.10 Å². The van der Waals surface area contributed by atoms with Gasteiger partial charge in [0.15, 0.2) is 5.82 Å². The van der Waals surface area contributed by atoms with E-state index in [1.807, 2.05) is 44.2 Å². The largest absolute Gasteiger partial charge is 0.508 e. The number of hydrogen-bond acceptors (Lipinski definition) is 5. The zero-order valence-electron chi connectivity index (χ0n) is 13.5. The van der Waals surface area contributed by atoms with Crippen LogP contribution in [0.4, 0.5) is 0 Å². The van der Waals surface area contributed by atoms with E-state index in [9.17, 15) is 15.3 Å². The van der Waals surface area contributed by atoms with Gasteiger partial charge in [0, 0.05) is 6.07 Å². The molecule has 24 heavy (non-hydrogen) atoms. The summed E-state index contributed by atoms with van der Waals surface area (Å²) in [6.07, 6.45) is 0. The highest BCUT2D eigenvalue weighted by molar-refractivity contribution is 5.68. The number of phenolic OH excluding ortho intramolecular Hbond substituents is 2. The Labute approximate surface area is 139 Å². The molecule has 0 aliphatic carbocycles. The highest BCUT2D eigenvalue weighted by atomic mass is 16.3. The minimum atomic E-state index is -0.229. The third-order valence-corrected chi connectivity index (χ3v) is 3.92. The second-order valence-corrected chi connectivity index (χ2v) is 5.98. The highest BCUT2D eigenvalue weighted by Crippen LogP contribution is 2.38. The summed E-state index contributed by atoms with van der Waals surface area (Å²) in [6.45, 7) is 4.26. The topological polar surface area (TPSA) is 91.4 Å². The summed E-state index contributed by atoms with van der Waals surface area (Å²) in [6, 6.07) is 12.3. The Morgan fingerprint density at radius 1 is 0.958 bits per heavy atom. The maximum absolute atomic E-state index is 10.2. The number of phenols is 2. The van der Waals surface area contributed by atoms with Gasteiger partial charge in [-0.05, 0) is 23.1 Å². The van der Waals surface area contributed by atoms with Crippen molar-refractivity contribution in [2.45, 2.75) is 26.3 Å². The smallest absolute Gasteiger partial charge is 0.315 e. The molecule has 3 aromatic rings. The number of rotatable bonds is 4. The molecule has 0 atom stereocenters. The molecule has 0 aliphatic heterocycles. The van der Waals surface area contributed by atoms with Crippen molar-refractivity contribution < 1.29 is 15.3 Å². The van der Waals surface area contributed by atoms with Gasteiger partial charge in [-0.3, -0.25) is 4.57 Å². The maximum atomic E-state index is 10.2. The summed E-state index contributed by atoms with van der Waals surface area (Å²) in [5.74, 6) is 0.336. The molecule has 1 heterocycles. The number of aromatic hydroxyl groups is 3. The molecule has 6 heteroatoms. The lowest BCUT2D eigenvalue weighted by atomic mass is 9.98. The van der Waals surface area contributed by atoms with Gasteiger partial charge in [-0.25, -0.2) is 0 Å². The second-order valence-electron chi connectivity index (χ2n) is 5.98. The van der Waals surface area contributed by atoms with E-state index in [0.29, 0.717) is 23.5 Å². The van der Waals surface area contributed by atoms with Crippen LogP contribution >= 0.6 is 0 Å². The van der Waals surface area contributed by atoms with Crippen LogP contribution in [0.25, 0.3) is 11.4 Å². The first-order chi connectivity index (χ1) is 11.5. The van der Waals surface area contributed by atoms with E-state index >= 15 is 0 Å². The van der Waals surface area contributed by atoms with Crippen LogP contribution < -0.4 is 0 Å². The van der Waals surface area contributed by atoms with Gasteiger partial charge in [0.05, 0.1) is 12.1 Å². The lowest BCUT2D eigenvalue weighted by Crippen LogP contribution is -2.02. The molecule has 0 unspecified atom stereocenters. The highest BCUT2D eigenvalue weighted by Gasteiger charge is 2.19. The Morgan fingerprint density at radius 2 is 1.67 bits per heavy atom. The molecule has 6 nitrogen and oxygen atoms in total. The predicted molar refractivity (Wildman–Crippen MR) is 90.1 cm³/mol. The summed E-state index contributed by atoms with van der Waals surface area (Å²) >= 11 is 0. The molecule has 0 saturated carbocycles. The average molecular weight is 325 g/mol. The van der Waals surface area contributed by atoms with Crippen molar-refractivity contribution in [3.63, 3.8) is 0 Å². The third-order valence-electron chi connectivity index (χ3n) is 3.92. The molecule has 0 fully saturated rings. The lowest BCUT2D eigenvalue weighted by Gasteiger charge is -2.13. The van der Waals surface area contributed by atoms with Crippen LogP contribution in [-0.2, 0) is 6.54 Å². The van der Waals surface area contributed by atoms with E-state index in [-0.39, 0.29) is 23.4 Å². The van der Waals surface area contributed by atoms with Crippen molar-refractivity contribution in [2.75, 3.05) is 0 Å². The van der Waals surface area contributed by atoms with Crippen LogP contribution in [0, 0.1) is 0 Å². The SMILES string of the molecule is CC(C)c1cc(-c2nnc(O)n2Cc2ccccc2)c(O)cc1O. The molecular weight excluding hydrogens is 306 g/mol. The second kappa shape index (κ2) is 6.23. The molecule has 0 aliphatic rings. The van der Waals surface area contributed by atoms with E-state index in [0.717, 1.165) is 5.56 Å². The van der Waals surface area contributed by atoms with Gasteiger partial charge in [0.1, 0.15) is 11.5 Å². The summed E-state index contributed by atoms with van der Waals surface area (Å²) in [5, 5.41) is 38.0. The molecule has 0 radical (unpaired) electrons. The van der Waals surface area contributed by atoms with E-state index < -0.39 is 0 Å². The van der Waals surface area contributed by atoms with Gasteiger partial charge in [-0.2, -0.15) is 0 Å². The molecule has 124 valence electrons. The molecular formula is C18H19N3O3. The molecule has 0 amide bonds. The van der Waals surface area contributed by atoms with E-state index in [1.165, 1.54) is 10.6 Å². The van der Waals surface area contributed by atoms with Crippen LogP contribution in [0.5, 0.6) is 17.5 Å². The molecule has 1 aromatic heterocycles. The van der Waals surface area contributed by atoms with Crippen LogP contribution in [-0.4, -0.2) is 30.1 Å². The Hall–Kier alpha value is -3.02. The summed E-state index contributed by atoms with van der Waals surface area (Å²) in [7, 11) is 0. The van der Waals surface area contributed by atoms with Crippen molar-refractivity contribution in [2.24, 2.45) is 0 Å². The Kier molecular flexibility index (Phi) is 4.12. The monoisotopic (exact) mass is 325 g/mol. The van der Waals surface area contributed by atoms with Crippen molar-refractivity contribution >= 4 is 0 Å². The zero-order chi connectivity index (χ0) is 17.3. The Bertz CT molecular complexity index is 857. The maximum Gasteiger partial charge on any atom is 0.315 e. The van der Waals surface area contributed by atoms with Crippen LogP contribution in [0.1, 0.15) is 30.9 Å². The van der Waals surface area contributed by atoms with Crippen molar-refractivity contribution in [3.8, 4) is 28.9 Å². The average Bonchev–Trinajstić information content (AvgIpc) is 2.89. The minimum absolute atomic E-state index is 0.0320. The Morgan fingerprint density at radius 3 is 2.33 bits per heavy atom. The first-order valence-corrected chi connectivity index (χ1v) is 7.69. The first-order valence-electron chi connectivity index (χ1n) is 7.69. The third kappa shape index (κ3) is 2.90. The fourth-order valence-electron chi connectivity index (χ4n) is 2.64.